The van der Waals surface area contributed by atoms with Crippen molar-refractivity contribution in [1.82, 2.24) is 0 Å². The summed E-state index contributed by atoms with van der Waals surface area (Å²) in [5, 5.41) is 0.817. The first kappa shape index (κ1) is 19.6. The first-order valence-electron chi connectivity index (χ1n) is 10.7. The van der Waals surface area contributed by atoms with Gasteiger partial charge in [0.2, 0.25) is 0 Å². The fourth-order valence-corrected chi connectivity index (χ4v) is 5.97. The van der Waals surface area contributed by atoms with Gasteiger partial charge in [0.1, 0.15) is 0 Å². The Kier molecular flexibility index (Phi) is 6.10. The highest BCUT2D eigenvalue weighted by Crippen LogP contribution is 2.50. The van der Waals surface area contributed by atoms with Crippen LogP contribution >= 0.6 is 11.6 Å². The number of rotatable bonds is 4. The Labute approximate surface area is 174 Å². The molecule has 2 aliphatic carbocycles. The van der Waals surface area contributed by atoms with Gasteiger partial charge in [-0.2, -0.15) is 0 Å². The van der Waals surface area contributed by atoms with Crippen LogP contribution in [0.3, 0.4) is 0 Å². The van der Waals surface area contributed by atoms with Crippen LogP contribution in [0, 0.1) is 30.1 Å². The monoisotopic (exact) mass is 391 g/mol. The molecule has 2 saturated carbocycles. The van der Waals surface area contributed by atoms with Crippen molar-refractivity contribution in [3.05, 3.63) is 70.2 Å². The summed E-state index contributed by atoms with van der Waals surface area (Å²) in [6, 6.07) is 17.5. The van der Waals surface area contributed by atoms with Crippen LogP contribution in [0.25, 0.3) is 0 Å². The third-order valence-electron chi connectivity index (χ3n) is 7.08. The normalized spacial score (nSPS) is 30.1. The van der Waals surface area contributed by atoms with Gasteiger partial charge < -0.3 is 5.73 Å². The highest BCUT2D eigenvalue weighted by molar-refractivity contribution is 6.31. The molecule has 0 bridgehead atoms. The van der Waals surface area contributed by atoms with E-state index >= 15 is 0 Å². The highest BCUT2D eigenvalue weighted by atomic mass is 35.5. The fraction of sp³-hybridized carbons (Fsp3) is 0.462. The first-order chi connectivity index (χ1) is 13.6. The molecule has 0 spiro atoms. The Morgan fingerprint density at radius 3 is 2.57 bits per heavy atom. The molecule has 2 fully saturated rings. The van der Waals surface area contributed by atoms with Crippen LogP contribution in [-0.4, -0.2) is 6.04 Å². The molecular weight excluding hydrogens is 362 g/mol. The molecule has 2 heteroatoms. The van der Waals surface area contributed by atoms with Gasteiger partial charge in [-0.3, -0.25) is 0 Å². The second-order valence-corrected chi connectivity index (χ2v) is 9.25. The van der Waals surface area contributed by atoms with Crippen molar-refractivity contribution in [2.24, 2.45) is 23.5 Å². The van der Waals surface area contributed by atoms with E-state index in [9.17, 15) is 0 Å². The van der Waals surface area contributed by atoms with Crippen molar-refractivity contribution in [1.29, 1.82) is 0 Å². The van der Waals surface area contributed by atoms with E-state index < -0.39 is 0 Å². The number of halogens is 1. The smallest absolute Gasteiger partial charge is 0.0450 e. The minimum absolute atomic E-state index is 0.383. The number of hydrogen-bond acceptors (Lipinski definition) is 1. The molecule has 28 heavy (non-hydrogen) atoms. The molecule has 2 aromatic rings. The first-order valence-corrected chi connectivity index (χ1v) is 11.1. The predicted molar refractivity (Wildman–Crippen MR) is 118 cm³/mol. The van der Waals surface area contributed by atoms with Crippen LogP contribution in [-0.2, 0) is 6.42 Å². The summed E-state index contributed by atoms with van der Waals surface area (Å²) < 4.78 is 0. The zero-order valence-electron chi connectivity index (χ0n) is 16.5. The molecule has 5 unspecified atom stereocenters. The molecule has 146 valence electrons. The molecule has 0 aliphatic heterocycles. The van der Waals surface area contributed by atoms with E-state index in [1.807, 2.05) is 12.1 Å². The Morgan fingerprint density at radius 1 is 1.04 bits per heavy atom. The lowest BCUT2D eigenvalue weighted by Gasteiger charge is -2.34. The van der Waals surface area contributed by atoms with Crippen LogP contribution in [0.1, 0.15) is 61.1 Å². The minimum Gasteiger partial charge on any atom is -0.328 e. The third-order valence-corrected chi connectivity index (χ3v) is 7.43. The van der Waals surface area contributed by atoms with Crippen molar-refractivity contribution in [2.75, 3.05) is 0 Å². The fourth-order valence-electron chi connectivity index (χ4n) is 5.71. The summed E-state index contributed by atoms with van der Waals surface area (Å²) >= 11 is 6.58. The standard InChI is InChI=1S/C26H30ClN/c1-2-18-11-12-21(26(27)13-18)14-23-15-22(19-7-4-3-5-8-19)17-25(23)20-9-6-10-24(28)16-20/h1,3-5,7-8,11-13,20,22-25H,6,9-10,14-17,28H2. The maximum atomic E-state index is 6.58. The zero-order chi connectivity index (χ0) is 19.5. The summed E-state index contributed by atoms with van der Waals surface area (Å²) in [5.41, 5.74) is 9.94. The van der Waals surface area contributed by atoms with E-state index in [0.29, 0.717) is 17.9 Å². The molecule has 4 rings (SSSR count). The van der Waals surface area contributed by atoms with E-state index in [0.717, 1.165) is 28.8 Å². The molecule has 5 atom stereocenters. The average molecular weight is 392 g/mol. The lowest BCUT2D eigenvalue weighted by atomic mass is 9.72. The number of benzene rings is 2. The Morgan fingerprint density at radius 2 is 1.86 bits per heavy atom. The van der Waals surface area contributed by atoms with Crippen LogP contribution < -0.4 is 5.73 Å². The van der Waals surface area contributed by atoms with Gasteiger partial charge in [0.25, 0.3) is 0 Å². The van der Waals surface area contributed by atoms with Gasteiger partial charge in [-0.05, 0) is 79.0 Å². The van der Waals surface area contributed by atoms with Crippen molar-refractivity contribution in [3.63, 3.8) is 0 Å². The van der Waals surface area contributed by atoms with Gasteiger partial charge in [-0.15, -0.1) is 6.42 Å². The second kappa shape index (κ2) is 8.73. The SMILES string of the molecule is C#Cc1ccc(CC2CC(c3ccccc3)CC2C2CCCC(N)C2)c(Cl)c1. The maximum Gasteiger partial charge on any atom is 0.0450 e. The van der Waals surface area contributed by atoms with Crippen LogP contribution in [0.5, 0.6) is 0 Å². The number of nitrogens with two attached hydrogens (primary N) is 1. The molecule has 2 aliphatic rings. The Bertz CT molecular complexity index is 837. The quantitative estimate of drug-likeness (QED) is 0.617. The molecule has 0 aromatic heterocycles. The Hall–Kier alpha value is -1.75. The molecule has 0 saturated heterocycles. The van der Waals surface area contributed by atoms with Crippen molar-refractivity contribution in [3.8, 4) is 12.3 Å². The highest BCUT2D eigenvalue weighted by Gasteiger charge is 2.40. The van der Waals surface area contributed by atoms with E-state index in [1.165, 1.54) is 49.7 Å². The molecular formula is C26H30ClN. The van der Waals surface area contributed by atoms with Gasteiger partial charge >= 0.3 is 0 Å². The zero-order valence-corrected chi connectivity index (χ0v) is 17.2. The molecule has 0 radical (unpaired) electrons. The Balaban J connectivity index is 1.57. The maximum absolute atomic E-state index is 6.58. The molecule has 2 N–H and O–H groups in total. The van der Waals surface area contributed by atoms with Crippen LogP contribution in [0.2, 0.25) is 5.02 Å². The predicted octanol–water partition coefficient (Wildman–Crippen LogP) is 6.19. The van der Waals surface area contributed by atoms with Crippen molar-refractivity contribution >= 4 is 11.6 Å². The molecule has 1 nitrogen and oxygen atoms in total. The van der Waals surface area contributed by atoms with Gasteiger partial charge in [0, 0.05) is 16.6 Å². The topological polar surface area (TPSA) is 26.0 Å². The summed E-state index contributed by atoms with van der Waals surface area (Å²) in [6.45, 7) is 0. The molecule has 2 aromatic carbocycles. The number of terminal acetylenes is 1. The van der Waals surface area contributed by atoms with Gasteiger partial charge in [0.15, 0.2) is 0 Å². The third kappa shape index (κ3) is 4.29. The lowest BCUT2D eigenvalue weighted by molar-refractivity contribution is 0.187. The summed E-state index contributed by atoms with van der Waals surface area (Å²) in [6.07, 6.45) is 14.1. The van der Waals surface area contributed by atoms with E-state index in [2.05, 4.69) is 42.3 Å². The van der Waals surface area contributed by atoms with Crippen molar-refractivity contribution < 1.29 is 0 Å². The van der Waals surface area contributed by atoms with Gasteiger partial charge in [-0.1, -0.05) is 66.8 Å². The average Bonchev–Trinajstić information content (AvgIpc) is 3.14. The van der Waals surface area contributed by atoms with E-state index in [-0.39, 0.29) is 0 Å². The summed E-state index contributed by atoms with van der Waals surface area (Å²) in [7, 11) is 0. The summed E-state index contributed by atoms with van der Waals surface area (Å²) in [5.74, 6) is 5.49. The van der Waals surface area contributed by atoms with Gasteiger partial charge in [0.05, 0.1) is 0 Å². The van der Waals surface area contributed by atoms with Gasteiger partial charge in [-0.25, -0.2) is 0 Å². The van der Waals surface area contributed by atoms with Crippen molar-refractivity contribution in [2.45, 2.75) is 56.9 Å². The van der Waals surface area contributed by atoms with E-state index in [1.54, 1.807) is 0 Å². The van der Waals surface area contributed by atoms with E-state index in [4.69, 9.17) is 23.8 Å². The summed E-state index contributed by atoms with van der Waals surface area (Å²) in [4.78, 5) is 0. The second-order valence-electron chi connectivity index (χ2n) is 8.84. The van der Waals surface area contributed by atoms with Crippen LogP contribution in [0.4, 0.5) is 0 Å². The molecule has 0 amide bonds. The van der Waals surface area contributed by atoms with Crippen LogP contribution in [0.15, 0.2) is 48.5 Å². The minimum atomic E-state index is 0.383. The molecule has 0 heterocycles. The number of hydrogen-bond donors (Lipinski definition) is 1. The lowest BCUT2D eigenvalue weighted by Crippen LogP contribution is -2.33. The largest absolute Gasteiger partial charge is 0.328 e.